The fourth-order valence-electron chi connectivity index (χ4n) is 0.497. The van der Waals surface area contributed by atoms with Crippen molar-refractivity contribution in [1.29, 1.82) is 0 Å². The zero-order valence-corrected chi connectivity index (χ0v) is 8.68. The molecule has 6 nitrogen and oxygen atoms in total. The topological polar surface area (TPSA) is 95.5 Å². The highest BCUT2D eigenvalue weighted by molar-refractivity contribution is 8.01. The summed E-state index contributed by atoms with van der Waals surface area (Å²) in [6, 6.07) is -0.599. The van der Waals surface area contributed by atoms with Crippen LogP contribution in [-0.2, 0) is 9.59 Å². The monoisotopic (exact) mass is 220 g/mol. The summed E-state index contributed by atoms with van der Waals surface area (Å²) in [7, 11) is 1.38. The maximum Gasteiger partial charge on any atom is 0.321 e. The van der Waals surface area contributed by atoms with Crippen molar-refractivity contribution >= 4 is 29.7 Å². The van der Waals surface area contributed by atoms with Crippen LogP contribution in [0.1, 0.15) is 6.92 Å². The van der Waals surface area contributed by atoms with Gasteiger partial charge in [0.2, 0.25) is 5.91 Å². The SMILES string of the molecule is CNC(=O)NC(=O)CSC(C)C(=O)O. The van der Waals surface area contributed by atoms with Gasteiger partial charge >= 0.3 is 12.0 Å². The van der Waals surface area contributed by atoms with Crippen LogP contribution in [0.5, 0.6) is 0 Å². The first-order chi connectivity index (χ1) is 6.47. The smallest absolute Gasteiger partial charge is 0.321 e. The highest BCUT2D eigenvalue weighted by Crippen LogP contribution is 2.09. The Kier molecular flexibility index (Phi) is 5.70. The summed E-state index contributed by atoms with van der Waals surface area (Å²) >= 11 is 0.953. The van der Waals surface area contributed by atoms with Gasteiger partial charge in [0.15, 0.2) is 0 Å². The van der Waals surface area contributed by atoms with Gasteiger partial charge in [0, 0.05) is 7.05 Å². The van der Waals surface area contributed by atoms with Crippen LogP contribution in [0.3, 0.4) is 0 Å². The van der Waals surface area contributed by atoms with Crippen LogP contribution >= 0.6 is 11.8 Å². The number of carbonyl (C=O) groups excluding carboxylic acids is 2. The van der Waals surface area contributed by atoms with E-state index in [9.17, 15) is 14.4 Å². The molecule has 0 heterocycles. The van der Waals surface area contributed by atoms with Gasteiger partial charge in [-0.25, -0.2) is 4.79 Å². The van der Waals surface area contributed by atoms with Crippen LogP contribution in [0.25, 0.3) is 0 Å². The Labute approximate surface area is 85.4 Å². The van der Waals surface area contributed by atoms with E-state index in [-0.39, 0.29) is 5.75 Å². The molecule has 0 fully saturated rings. The van der Waals surface area contributed by atoms with Gasteiger partial charge < -0.3 is 10.4 Å². The molecular formula is C7H12N2O4S. The van der Waals surface area contributed by atoms with Gasteiger partial charge in [-0.05, 0) is 6.92 Å². The molecule has 0 aliphatic rings. The average molecular weight is 220 g/mol. The fraction of sp³-hybridized carbons (Fsp3) is 0.571. The number of thioether (sulfide) groups is 1. The molecule has 3 N–H and O–H groups in total. The van der Waals surface area contributed by atoms with E-state index in [4.69, 9.17) is 5.11 Å². The quantitative estimate of drug-likeness (QED) is 0.601. The first-order valence-electron chi connectivity index (χ1n) is 3.83. The fourth-order valence-corrected chi connectivity index (χ4v) is 1.11. The molecule has 0 saturated carbocycles. The van der Waals surface area contributed by atoms with Crippen molar-refractivity contribution in [2.45, 2.75) is 12.2 Å². The lowest BCUT2D eigenvalue weighted by molar-refractivity contribution is -0.136. The molecule has 0 rings (SSSR count). The van der Waals surface area contributed by atoms with E-state index in [2.05, 4.69) is 5.32 Å². The van der Waals surface area contributed by atoms with Crippen molar-refractivity contribution in [3.8, 4) is 0 Å². The average Bonchev–Trinajstić information content (AvgIpc) is 2.13. The Morgan fingerprint density at radius 2 is 2.00 bits per heavy atom. The molecule has 3 amide bonds. The normalized spacial score (nSPS) is 11.6. The standard InChI is InChI=1S/C7H12N2O4S/c1-4(6(11)12)14-3-5(10)9-7(13)8-2/h4H,3H2,1-2H3,(H,11,12)(H2,8,9,10,13). The summed E-state index contributed by atoms with van der Waals surface area (Å²) in [6.07, 6.45) is 0. The largest absolute Gasteiger partial charge is 0.480 e. The number of carbonyl (C=O) groups is 3. The highest BCUT2D eigenvalue weighted by Gasteiger charge is 2.14. The first-order valence-corrected chi connectivity index (χ1v) is 4.88. The van der Waals surface area contributed by atoms with E-state index < -0.39 is 23.2 Å². The molecule has 1 unspecified atom stereocenters. The lowest BCUT2D eigenvalue weighted by atomic mass is 10.5. The van der Waals surface area contributed by atoms with Gasteiger partial charge in [0.05, 0.1) is 11.0 Å². The van der Waals surface area contributed by atoms with E-state index >= 15 is 0 Å². The van der Waals surface area contributed by atoms with Crippen molar-refractivity contribution in [3.63, 3.8) is 0 Å². The summed E-state index contributed by atoms with van der Waals surface area (Å²) in [5.41, 5.74) is 0. The van der Waals surface area contributed by atoms with Crippen LogP contribution in [-0.4, -0.2) is 41.1 Å². The number of rotatable bonds is 4. The Morgan fingerprint density at radius 1 is 1.43 bits per heavy atom. The zero-order chi connectivity index (χ0) is 11.1. The summed E-state index contributed by atoms with van der Waals surface area (Å²) in [4.78, 5) is 31.9. The van der Waals surface area contributed by atoms with E-state index in [1.165, 1.54) is 14.0 Å². The number of aliphatic carboxylic acids is 1. The molecule has 0 saturated heterocycles. The molecule has 14 heavy (non-hydrogen) atoms. The maximum atomic E-state index is 11.0. The maximum absolute atomic E-state index is 11.0. The van der Waals surface area contributed by atoms with E-state index in [0.29, 0.717) is 0 Å². The summed E-state index contributed by atoms with van der Waals surface area (Å²) in [5, 5.41) is 12.1. The van der Waals surface area contributed by atoms with Gasteiger partial charge in [-0.15, -0.1) is 11.8 Å². The van der Waals surface area contributed by atoms with E-state index in [1.54, 1.807) is 0 Å². The number of hydrogen-bond acceptors (Lipinski definition) is 4. The number of hydrogen-bond donors (Lipinski definition) is 3. The first kappa shape index (κ1) is 12.8. The summed E-state index contributed by atoms with van der Waals surface area (Å²) in [6.45, 7) is 1.47. The molecule has 0 aromatic heterocycles. The van der Waals surface area contributed by atoms with Gasteiger partial charge in [-0.2, -0.15) is 0 Å². The number of amides is 3. The second kappa shape index (κ2) is 6.25. The minimum Gasteiger partial charge on any atom is -0.480 e. The van der Waals surface area contributed by atoms with Gasteiger partial charge in [0.1, 0.15) is 0 Å². The van der Waals surface area contributed by atoms with Crippen LogP contribution < -0.4 is 10.6 Å². The highest BCUT2D eigenvalue weighted by atomic mass is 32.2. The van der Waals surface area contributed by atoms with E-state index in [0.717, 1.165) is 11.8 Å². The van der Waals surface area contributed by atoms with Crippen LogP contribution in [0.4, 0.5) is 4.79 Å². The van der Waals surface area contributed by atoms with Crippen molar-refractivity contribution in [1.82, 2.24) is 10.6 Å². The molecule has 1 atom stereocenters. The third-order valence-electron chi connectivity index (χ3n) is 1.29. The van der Waals surface area contributed by atoms with Crippen LogP contribution in [0.15, 0.2) is 0 Å². The van der Waals surface area contributed by atoms with Crippen LogP contribution in [0.2, 0.25) is 0 Å². The van der Waals surface area contributed by atoms with Crippen molar-refractivity contribution < 1.29 is 19.5 Å². The molecule has 0 aliphatic carbocycles. The Morgan fingerprint density at radius 3 is 2.43 bits per heavy atom. The van der Waals surface area contributed by atoms with Gasteiger partial charge in [0.25, 0.3) is 0 Å². The van der Waals surface area contributed by atoms with Gasteiger partial charge in [-0.3, -0.25) is 14.9 Å². The van der Waals surface area contributed by atoms with Gasteiger partial charge in [-0.1, -0.05) is 0 Å². The lowest BCUT2D eigenvalue weighted by Gasteiger charge is -2.05. The van der Waals surface area contributed by atoms with Crippen molar-refractivity contribution in [3.05, 3.63) is 0 Å². The number of nitrogens with one attached hydrogen (secondary N) is 2. The number of urea groups is 1. The minimum absolute atomic E-state index is 0.0547. The molecule has 0 spiro atoms. The molecule has 80 valence electrons. The molecular weight excluding hydrogens is 208 g/mol. The molecule has 0 radical (unpaired) electrons. The predicted molar refractivity (Wildman–Crippen MR) is 52.2 cm³/mol. The Balaban J connectivity index is 3.74. The van der Waals surface area contributed by atoms with Crippen LogP contribution in [0, 0.1) is 0 Å². The summed E-state index contributed by atoms with van der Waals surface area (Å²) < 4.78 is 0. The minimum atomic E-state index is -0.984. The number of imide groups is 1. The van der Waals surface area contributed by atoms with Crippen molar-refractivity contribution in [2.24, 2.45) is 0 Å². The molecule has 0 aromatic carbocycles. The second-order valence-corrected chi connectivity index (χ2v) is 3.75. The predicted octanol–water partition coefficient (Wildman–Crippen LogP) is -0.352. The summed E-state index contributed by atoms with van der Waals surface area (Å²) in [5.74, 6) is -1.55. The molecule has 0 bridgehead atoms. The zero-order valence-electron chi connectivity index (χ0n) is 7.86. The third kappa shape index (κ3) is 5.41. The Bertz CT molecular complexity index is 244. The lowest BCUT2D eigenvalue weighted by Crippen LogP contribution is -2.38. The van der Waals surface area contributed by atoms with E-state index in [1.807, 2.05) is 5.32 Å². The number of carboxylic acids is 1. The molecule has 7 heteroatoms. The molecule has 0 aromatic rings. The second-order valence-electron chi connectivity index (χ2n) is 2.42. The number of carboxylic acid groups (broad SMARTS) is 1. The molecule has 0 aliphatic heterocycles. The Hall–Kier alpha value is -1.24. The van der Waals surface area contributed by atoms with Crippen molar-refractivity contribution in [2.75, 3.05) is 12.8 Å². The third-order valence-corrected chi connectivity index (χ3v) is 2.42.